The van der Waals surface area contributed by atoms with Crippen molar-refractivity contribution in [1.82, 2.24) is 4.90 Å². The molecule has 0 spiro atoms. The van der Waals surface area contributed by atoms with Crippen molar-refractivity contribution in [2.45, 2.75) is 304 Å². The minimum atomic E-state index is -0.00475. The summed E-state index contributed by atoms with van der Waals surface area (Å²) in [4.78, 5) is 41.4. The molecule has 0 bridgehead atoms. The van der Waals surface area contributed by atoms with Crippen molar-refractivity contribution in [1.29, 1.82) is 0 Å². The number of ether oxygens (including phenoxy) is 2. The number of amides is 1. The maximum atomic E-state index is 13.9. The van der Waals surface area contributed by atoms with Gasteiger partial charge in [0.05, 0.1) is 13.2 Å². The summed E-state index contributed by atoms with van der Waals surface area (Å²) in [7, 11) is 3.71. The van der Waals surface area contributed by atoms with E-state index in [1.54, 1.807) is 0 Å². The molecule has 0 aliphatic heterocycles. The molecule has 0 aromatic heterocycles. The number of unbranched alkanes of at least 4 members (excludes halogenated alkanes) is 24. The van der Waals surface area contributed by atoms with Gasteiger partial charge in [0.25, 0.3) is 0 Å². The molecule has 1 amide bonds. The number of nitrogens with zero attached hydrogens (tertiary/aromatic N) is 1. The normalized spacial score (nSPS) is 12.9. The maximum Gasteiger partial charge on any atom is 0.305 e. The van der Waals surface area contributed by atoms with Crippen molar-refractivity contribution in [3.8, 4) is 0 Å². The van der Waals surface area contributed by atoms with E-state index in [0.29, 0.717) is 56.3 Å². The van der Waals surface area contributed by atoms with Crippen LogP contribution in [0.3, 0.4) is 0 Å². The van der Waals surface area contributed by atoms with Crippen LogP contribution in [0.15, 0.2) is 0 Å². The van der Waals surface area contributed by atoms with Gasteiger partial charge in [-0.05, 0) is 69.6 Å². The van der Waals surface area contributed by atoms with Crippen molar-refractivity contribution < 1.29 is 23.9 Å². The molecule has 0 aromatic rings. The molecule has 0 rings (SSSR count). The summed E-state index contributed by atoms with van der Waals surface area (Å²) >= 11 is 0. The van der Waals surface area contributed by atoms with E-state index in [1.165, 1.54) is 180 Å². The first-order valence-corrected chi connectivity index (χ1v) is 31.2. The second kappa shape index (κ2) is 51.0. The molecule has 0 aliphatic carbocycles. The average Bonchev–Trinajstić information content (AvgIpc) is 3.31. The Morgan fingerprint density at radius 1 is 0.385 bits per heavy atom. The van der Waals surface area contributed by atoms with Gasteiger partial charge in [0.15, 0.2) is 0 Å². The molecule has 0 fully saturated rings. The summed E-state index contributed by atoms with van der Waals surface area (Å²) in [5, 5.41) is 0. The van der Waals surface area contributed by atoms with Crippen LogP contribution in [0, 0.1) is 11.8 Å². The SMILES string of the molecule is CCCCCCCCCN(C(=O)CCSSCC)C(CCCCCCCCC(=O)OCC(CCCC)CCCCCC)CCCCCCCCC(=O)OCC(CCCC)CCCCCC. The van der Waals surface area contributed by atoms with E-state index in [1.807, 2.05) is 21.6 Å². The fourth-order valence-corrected chi connectivity index (χ4v) is 10.9. The third kappa shape index (κ3) is 42.9. The van der Waals surface area contributed by atoms with Crippen LogP contribution in [-0.2, 0) is 23.9 Å². The molecule has 2 unspecified atom stereocenters. The Balaban J connectivity index is 5.00. The molecule has 65 heavy (non-hydrogen) atoms. The summed E-state index contributed by atoms with van der Waals surface area (Å²) < 4.78 is 11.6. The Labute approximate surface area is 413 Å². The quantitative estimate of drug-likeness (QED) is 0.0342. The molecular formula is C57H111NO5S2. The third-order valence-electron chi connectivity index (χ3n) is 13.5. The first-order chi connectivity index (χ1) is 31.9. The lowest BCUT2D eigenvalue weighted by Crippen LogP contribution is -2.41. The molecule has 0 aromatic carbocycles. The van der Waals surface area contributed by atoms with Gasteiger partial charge in [-0.15, -0.1) is 0 Å². The van der Waals surface area contributed by atoms with E-state index in [0.717, 1.165) is 75.8 Å². The van der Waals surface area contributed by atoms with Gasteiger partial charge in [0.1, 0.15) is 0 Å². The zero-order valence-electron chi connectivity index (χ0n) is 44.4. The zero-order valence-corrected chi connectivity index (χ0v) is 46.0. The maximum absolute atomic E-state index is 13.9. The standard InChI is InChI=1S/C57H111NO5S2/c1-7-13-18-21-26-31-38-48-58(55(59)47-49-65-64-12-6)54(43-34-27-22-24-29-36-45-56(60)62-50-52(39-16-10-4)41-32-19-14-8-2)44-35-28-23-25-30-37-46-57(61)63-51-53(40-17-11-5)42-33-20-15-9-3/h52-54H,7-51H2,1-6H3. The number of rotatable bonds is 52. The number of esters is 2. The molecule has 8 heteroatoms. The van der Waals surface area contributed by atoms with Crippen LogP contribution < -0.4 is 0 Å². The van der Waals surface area contributed by atoms with Gasteiger partial charge >= 0.3 is 11.9 Å². The summed E-state index contributed by atoms with van der Waals surface area (Å²) in [6.07, 6.45) is 46.1. The predicted octanol–water partition coefficient (Wildman–Crippen LogP) is 18.6. The second-order valence-corrected chi connectivity index (χ2v) is 22.6. The lowest BCUT2D eigenvalue weighted by Gasteiger charge is -2.33. The summed E-state index contributed by atoms with van der Waals surface area (Å²) in [5.74, 6) is 3.38. The van der Waals surface area contributed by atoms with Crippen LogP contribution in [0.1, 0.15) is 298 Å². The monoisotopic (exact) mass is 954 g/mol. The van der Waals surface area contributed by atoms with Crippen LogP contribution in [0.5, 0.6) is 0 Å². The van der Waals surface area contributed by atoms with Crippen molar-refractivity contribution in [2.24, 2.45) is 11.8 Å². The highest BCUT2D eigenvalue weighted by Crippen LogP contribution is 2.25. The van der Waals surface area contributed by atoms with Gasteiger partial charge in [-0.1, -0.05) is 243 Å². The number of carbonyl (C=O) groups is 3. The fourth-order valence-electron chi connectivity index (χ4n) is 9.23. The molecule has 6 nitrogen and oxygen atoms in total. The number of carbonyl (C=O) groups excluding carboxylic acids is 3. The first kappa shape index (κ1) is 64.1. The van der Waals surface area contributed by atoms with Gasteiger partial charge < -0.3 is 14.4 Å². The van der Waals surface area contributed by atoms with Crippen LogP contribution in [0.25, 0.3) is 0 Å². The highest BCUT2D eigenvalue weighted by molar-refractivity contribution is 8.76. The highest BCUT2D eigenvalue weighted by atomic mass is 33.1. The van der Waals surface area contributed by atoms with Crippen LogP contribution in [-0.4, -0.2) is 60.1 Å². The average molecular weight is 955 g/mol. The lowest BCUT2D eigenvalue weighted by molar-refractivity contribution is -0.146. The van der Waals surface area contributed by atoms with Gasteiger partial charge in [-0.2, -0.15) is 0 Å². The van der Waals surface area contributed by atoms with Gasteiger partial charge in [-0.25, -0.2) is 0 Å². The Morgan fingerprint density at radius 2 is 0.738 bits per heavy atom. The Bertz CT molecular complexity index is 973. The Hall–Kier alpha value is -0.890. The van der Waals surface area contributed by atoms with Crippen LogP contribution in [0.4, 0.5) is 0 Å². The van der Waals surface area contributed by atoms with E-state index in [-0.39, 0.29) is 11.9 Å². The molecule has 0 aliphatic rings. The second-order valence-electron chi connectivity index (χ2n) is 19.7. The summed E-state index contributed by atoms with van der Waals surface area (Å²) in [5.41, 5.74) is 0. The first-order valence-electron chi connectivity index (χ1n) is 28.7. The Kier molecular flexibility index (Phi) is 50.3. The lowest BCUT2D eigenvalue weighted by atomic mass is 9.96. The van der Waals surface area contributed by atoms with E-state index in [9.17, 15) is 14.4 Å². The molecule has 0 N–H and O–H groups in total. The van der Waals surface area contributed by atoms with Gasteiger partial charge in [0.2, 0.25) is 5.91 Å². The number of hydrogen-bond donors (Lipinski definition) is 0. The molecule has 0 heterocycles. The Morgan fingerprint density at radius 3 is 1.17 bits per heavy atom. The largest absolute Gasteiger partial charge is 0.465 e. The molecule has 0 radical (unpaired) electrons. The number of hydrogen-bond acceptors (Lipinski definition) is 7. The third-order valence-corrected chi connectivity index (χ3v) is 16.0. The smallest absolute Gasteiger partial charge is 0.305 e. The van der Waals surface area contributed by atoms with E-state index in [4.69, 9.17) is 9.47 Å². The molecule has 2 atom stereocenters. The minimum absolute atomic E-state index is 0.00475. The molecule has 386 valence electrons. The van der Waals surface area contributed by atoms with Crippen molar-refractivity contribution in [3.63, 3.8) is 0 Å². The van der Waals surface area contributed by atoms with Crippen LogP contribution in [0.2, 0.25) is 0 Å². The van der Waals surface area contributed by atoms with Crippen molar-refractivity contribution >= 4 is 39.4 Å². The molecular weight excluding hydrogens is 843 g/mol. The minimum Gasteiger partial charge on any atom is -0.465 e. The van der Waals surface area contributed by atoms with Gasteiger partial charge in [0, 0.05) is 43.4 Å². The van der Waals surface area contributed by atoms with Crippen molar-refractivity contribution in [3.05, 3.63) is 0 Å². The summed E-state index contributed by atoms with van der Waals surface area (Å²) in [6, 6.07) is 0.330. The zero-order chi connectivity index (χ0) is 47.7. The van der Waals surface area contributed by atoms with E-state index >= 15 is 0 Å². The molecule has 0 saturated heterocycles. The van der Waals surface area contributed by atoms with Gasteiger partial charge in [-0.3, -0.25) is 14.4 Å². The van der Waals surface area contributed by atoms with E-state index in [2.05, 4.69) is 46.4 Å². The fraction of sp³-hybridized carbons (Fsp3) is 0.947. The predicted molar refractivity (Wildman–Crippen MR) is 288 cm³/mol. The summed E-state index contributed by atoms with van der Waals surface area (Å²) in [6.45, 7) is 15.6. The van der Waals surface area contributed by atoms with Crippen LogP contribution >= 0.6 is 21.6 Å². The molecule has 0 saturated carbocycles. The van der Waals surface area contributed by atoms with E-state index < -0.39 is 0 Å². The van der Waals surface area contributed by atoms with Crippen molar-refractivity contribution in [2.75, 3.05) is 31.3 Å². The highest BCUT2D eigenvalue weighted by Gasteiger charge is 2.23. The topological polar surface area (TPSA) is 72.9 Å².